The molecule has 0 aliphatic carbocycles. The molecule has 0 spiro atoms. The van der Waals surface area contributed by atoms with E-state index in [9.17, 15) is 9.59 Å². The maximum absolute atomic E-state index is 12.2. The van der Waals surface area contributed by atoms with Gasteiger partial charge in [0.2, 0.25) is 5.91 Å². The molecule has 1 fully saturated rings. The third-order valence-corrected chi connectivity index (χ3v) is 3.34. The van der Waals surface area contributed by atoms with E-state index in [4.69, 9.17) is 9.84 Å². The van der Waals surface area contributed by atoms with Crippen molar-refractivity contribution in [3.8, 4) is 0 Å². The first-order valence-corrected chi connectivity index (χ1v) is 7.13. The quantitative estimate of drug-likeness (QED) is 0.815. The molecule has 1 aliphatic rings. The summed E-state index contributed by atoms with van der Waals surface area (Å²) in [5.41, 5.74) is -0.161. The van der Waals surface area contributed by atoms with Gasteiger partial charge in [-0.2, -0.15) is 0 Å². The van der Waals surface area contributed by atoms with Gasteiger partial charge in [-0.15, -0.1) is 5.10 Å². The number of carboxylic acids is 1. The van der Waals surface area contributed by atoms with Crippen LogP contribution < -0.4 is 0 Å². The first kappa shape index (κ1) is 15.4. The van der Waals surface area contributed by atoms with Gasteiger partial charge in [0.05, 0.1) is 12.3 Å². The van der Waals surface area contributed by atoms with Crippen molar-refractivity contribution in [3.05, 3.63) is 11.9 Å². The Balaban J connectivity index is 1.88. The molecule has 0 bridgehead atoms. The average molecular weight is 296 g/mol. The molecule has 1 aromatic rings. The van der Waals surface area contributed by atoms with Gasteiger partial charge in [-0.25, -0.2) is 9.48 Å². The minimum Gasteiger partial charge on any atom is -0.476 e. The fraction of sp³-hybridized carbons (Fsp3) is 0.692. The largest absolute Gasteiger partial charge is 0.476 e. The monoisotopic (exact) mass is 296 g/mol. The second-order valence-electron chi connectivity index (χ2n) is 5.08. The molecular weight excluding hydrogens is 276 g/mol. The number of carbonyl (C=O) groups is 2. The fourth-order valence-electron chi connectivity index (χ4n) is 2.30. The van der Waals surface area contributed by atoms with Crippen molar-refractivity contribution in [3.63, 3.8) is 0 Å². The molecule has 0 radical (unpaired) electrons. The summed E-state index contributed by atoms with van der Waals surface area (Å²) >= 11 is 0. The van der Waals surface area contributed by atoms with Crippen LogP contribution in [0.15, 0.2) is 6.20 Å². The van der Waals surface area contributed by atoms with Crippen molar-refractivity contribution in [2.75, 3.05) is 19.7 Å². The Morgan fingerprint density at radius 3 is 3.00 bits per heavy atom. The molecule has 1 saturated heterocycles. The summed E-state index contributed by atoms with van der Waals surface area (Å²) in [6.45, 7) is 4.04. The summed E-state index contributed by atoms with van der Waals surface area (Å²) in [4.78, 5) is 24.7. The van der Waals surface area contributed by atoms with Gasteiger partial charge in [-0.3, -0.25) is 4.79 Å². The van der Waals surface area contributed by atoms with Crippen LogP contribution >= 0.6 is 0 Å². The van der Waals surface area contributed by atoms with Crippen molar-refractivity contribution in [2.24, 2.45) is 0 Å². The lowest BCUT2D eigenvalue weighted by Crippen LogP contribution is -2.44. The van der Waals surface area contributed by atoms with Gasteiger partial charge in [0.1, 0.15) is 6.54 Å². The molecule has 2 rings (SSSR count). The van der Waals surface area contributed by atoms with Crippen molar-refractivity contribution in [2.45, 2.75) is 38.8 Å². The van der Waals surface area contributed by atoms with Crippen LogP contribution in [0.5, 0.6) is 0 Å². The van der Waals surface area contributed by atoms with Crippen LogP contribution in [0, 0.1) is 0 Å². The number of carbonyl (C=O) groups excluding carboxylic acids is 1. The molecule has 1 N–H and O–H groups in total. The zero-order chi connectivity index (χ0) is 15.2. The van der Waals surface area contributed by atoms with Crippen LogP contribution in [0.3, 0.4) is 0 Å². The highest BCUT2D eigenvalue weighted by molar-refractivity contribution is 5.84. The zero-order valence-corrected chi connectivity index (χ0v) is 12.1. The second kappa shape index (κ2) is 7.16. The van der Waals surface area contributed by atoms with Gasteiger partial charge in [0.25, 0.3) is 0 Å². The Morgan fingerprint density at radius 1 is 1.52 bits per heavy atom. The van der Waals surface area contributed by atoms with E-state index in [2.05, 4.69) is 17.2 Å². The van der Waals surface area contributed by atoms with Crippen LogP contribution in [-0.4, -0.2) is 62.7 Å². The van der Waals surface area contributed by atoms with E-state index >= 15 is 0 Å². The number of aromatic nitrogens is 3. The van der Waals surface area contributed by atoms with Gasteiger partial charge in [0.15, 0.2) is 5.69 Å². The Bertz CT molecular complexity index is 502. The third kappa shape index (κ3) is 4.25. The van der Waals surface area contributed by atoms with Gasteiger partial charge in [-0.1, -0.05) is 12.1 Å². The van der Waals surface area contributed by atoms with Gasteiger partial charge in [-0.05, 0) is 19.3 Å². The van der Waals surface area contributed by atoms with E-state index in [1.165, 1.54) is 10.9 Å². The van der Waals surface area contributed by atoms with Crippen LogP contribution in [0.1, 0.15) is 36.7 Å². The first-order valence-electron chi connectivity index (χ1n) is 7.13. The molecular formula is C13H20N4O4. The lowest BCUT2D eigenvalue weighted by atomic mass is 10.1. The van der Waals surface area contributed by atoms with Crippen molar-refractivity contribution in [1.29, 1.82) is 0 Å². The second-order valence-corrected chi connectivity index (χ2v) is 5.08. The molecule has 1 amide bonds. The first-order chi connectivity index (χ1) is 10.1. The lowest BCUT2D eigenvalue weighted by Gasteiger charge is -2.32. The number of amides is 1. The fourth-order valence-corrected chi connectivity index (χ4v) is 2.30. The van der Waals surface area contributed by atoms with Gasteiger partial charge >= 0.3 is 5.97 Å². The molecule has 0 aromatic carbocycles. The van der Waals surface area contributed by atoms with Crippen molar-refractivity contribution in [1.82, 2.24) is 19.9 Å². The summed E-state index contributed by atoms with van der Waals surface area (Å²) in [5.74, 6) is -1.25. The van der Waals surface area contributed by atoms with E-state index < -0.39 is 5.97 Å². The average Bonchev–Trinajstić information content (AvgIpc) is 2.94. The molecule has 21 heavy (non-hydrogen) atoms. The molecule has 116 valence electrons. The molecule has 1 unspecified atom stereocenters. The highest BCUT2D eigenvalue weighted by Gasteiger charge is 2.24. The maximum Gasteiger partial charge on any atom is 0.358 e. The van der Waals surface area contributed by atoms with E-state index in [0.717, 1.165) is 19.3 Å². The van der Waals surface area contributed by atoms with Crippen LogP contribution in [0.2, 0.25) is 0 Å². The molecule has 2 heterocycles. The summed E-state index contributed by atoms with van der Waals surface area (Å²) in [7, 11) is 0. The Kier molecular flexibility index (Phi) is 5.26. The molecule has 8 nitrogen and oxygen atoms in total. The zero-order valence-electron chi connectivity index (χ0n) is 12.1. The molecule has 1 atom stereocenters. The number of rotatable bonds is 6. The van der Waals surface area contributed by atoms with Gasteiger partial charge in [0, 0.05) is 19.7 Å². The smallest absolute Gasteiger partial charge is 0.358 e. The van der Waals surface area contributed by atoms with E-state index in [1.54, 1.807) is 4.90 Å². The topological polar surface area (TPSA) is 97.5 Å². The lowest BCUT2D eigenvalue weighted by molar-refractivity contribution is -0.136. The number of likely N-dealkylation sites (tertiary alicyclic amines) is 1. The molecule has 0 saturated carbocycles. The van der Waals surface area contributed by atoms with Crippen molar-refractivity contribution < 1.29 is 19.4 Å². The van der Waals surface area contributed by atoms with Crippen LogP contribution in [0.4, 0.5) is 0 Å². The minimum atomic E-state index is -1.15. The number of nitrogens with zero attached hydrogens (tertiary/aromatic N) is 4. The Labute approximate surface area is 122 Å². The third-order valence-electron chi connectivity index (χ3n) is 3.34. The van der Waals surface area contributed by atoms with Crippen molar-refractivity contribution >= 4 is 11.9 Å². The van der Waals surface area contributed by atoms with Crippen LogP contribution in [-0.2, 0) is 16.1 Å². The number of aromatic carboxylic acids is 1. The Morgan fingerprint density at radius 2 is 2.33 bits per heavy atom. The number of hydrogen-bond acceptors (Lipinski definition) is 5. The molecule has 1 aromatic heterocycles. The highest BCUT2D eigenvalue weighted by atomic mass is 16.5. The standard InChI is InChI=1S/C13H20N4O4/c1-2-6-21-10-4-3-5-16(7-10)12(18)9-17-8-11(13(19)20)14-15-17/h8,10H,2-7,9H2,1H3,(H,19,20). The summed E-state index contributed by atoms with van der Waals surface area (Å²) < 4.78 is 6.94. The minimum absolute atomic E-state index is 0.000772. The number of hydrogen-bond donors (Lipinski definition) is 1. The SMILES string of the molecule is CCCOC1CCCN(C(=O)Cn2cc(C(=O)O)nn2)C1. The van der Waals surface area contributed by atoms with E-state index in [0.29, 0.717) is 19.7 Å². The number of ether oxygens (including phenoxy) is 1. The summed E-state index contributed by atoms with van der Waals surface area (Å²) in [6, 6.07) is 0. The summed E-state index contributed by atoms with van der Waals surface area (Å²) in [5, 5.41) is 15.9. The normalized spacial score (nSPS) is 18.7. The predicted molar refractivity (Wildman–Crippen MR) is 72.8 cm³/mol. The number of carboxylic acid groups (broad SMARTS) is 1. The molecule has 8 heteroatoms. The molecule has 1 aliphatic heterocycles. The highest BCUT2D eigenvalue weighted by Crippen LogP contribution is 2.14. The predicted octanol–water partition coefficient (Wildman–Crippen LogP) is 0.394. The van der Waals surface area contributed by atoms with E-state index in [-0.39, 0.29) is 24.2 Å². The van der Waals surface area contributed by atoms with Crippen LogP contribution in [0.25, 0.3) is 0 Å². The summed E-state index contributed by atoms with van der Waals surface area (Å²) in [6.07, 6.45) is 4.19. The van der Waals surface area contributed by atoms with Gasteiger partial charge < -0.3 is 14.7 Å². The Hall–Kier alpha value is -1.96. The van der Waals surface area contributed by atoms with E-state index in [1.807, 2.05) is 0 Å². The number of piperidine rings is 1. The maximum atomic E-state index is 12.2.